The SMILES string of the molecule is C/C=C/c1ccccc1-c1c(=O)ccn2nc(Oc3ccc(F)cc3F)ccc12.CCc1ccccc1-c1c(=O)ccn2nc(Oc3ccc(F)cc3F)ccc12.O=c1ccn2nc(Oc3ccc(F)cc3F)ccc2c1-c1ccccc1-c1ccco1. The van der Waals surface area contributed by atoms with Crippen molar-refractivity contribution in [3.05, 3.63) is 302 Å². The Labute approximate surface area is 496 Å². The summed E-state index contributed by atoms with van der Waals surface area (Å²) in [5.41, 5.74) is 7.88. The molecule has 0 amide bonds. The number of nitrogens with zero attached hydrogens (tertiary/aromatic N) is 6. The van der Waals surface area contributed by atoms with Gasteiger partial charge in [0.15, 0.2) is 51.0 Å². The maximum absolute atomic E-state index is 13.9. The monoisotopic (exact) mass is 1180 g/mol. The second-order valence-corrected chi connectivity index (χ2v) is 19.3. The highest BCUT2D eigenvalue weighted by Crippen LogP contribution is 2.35. The van der Waals surface area contributed by atoms with E-state index in [0.29, 0.717) is 44.6 Å². The summed E-state index contributed by atoms with van der Waals surface area (Å²) in [7, 11) is 0. The van der Waals surface area contributed by atoms with E-state index >= 15 is 0 Å². The Kier molecular flexibility index (Phi) is 17.0. The molecule has 0 bridgehead atoms. The predicted molar refractivity (Wildman–Crippen MR) is 322 cm³/mol. The molecule has 0 saturated heterocycles. The van der Waals surface area contributed by atoms with Crippen molar-refractivity contribution in [2.45, 2.75) is 20.3 Å². The van der Waals surface area contributed by atoms with E-state index in [1.54, 1.807) is 42.7 Å². The van der Waals surface area contributed by atoms with Crippen molar-refractivity contribution in [1.29, 1.82) is 0 Å². The highest BCUT2D eigenvalue weighted by Gasteiger charge is 2.19. The van der Waals surface area contributed by atoms with Crippen LogP contribution in [0.15, 0.2) is 244 Å². The smallest absolute Gasteiger partial charge is 0.237 e. The fraction of sp³-hybridized carbons (Fsp3) is 0.0435. The Balaban J connectivity index is 0.000000137. The number of rotatable bonds is 12. The first-order chi connectivity index (χ1) is 42.7. The van der Waals surface area contributed by atoms with Crippen LogP contribution in [-0.2, 0) is 6.42 Å². The Morgan fingerprint density at radius 1 is 0.432 bits per heavy atom. The lowest BCUT2D eigenvalue weighted by molar-refractivity contribution is 0.416. The number of hydrogen-bond acceptors (Lipinski definition) is 10. The molecule has 6 aromatic carbocycles. The Bertz CT molecular complexity index is 4970. The first-order valence-corrected chi connectivity index (χ1v) is 27.1. The summed E-state index contributed by atoms with van der Waals surface area (Å²) in [6.45, 7) is 3.94. The summed E-state index contributed by atoms with van der Waals surface area (Å²) in [4.78, 5) is 38.1. The number of ether oxygens (including phenoxy) is 3. The standard InChI is InChI=1S/C24H14F2N2O3.C23H16F2N2O2.C22H16F2N2O2/c25-15-7-9-22(18(26)14-15)31-23-10-8-19-24(20(29)11-12-28(19)27-23)17-5-2-1-4-16(17)21-6-3-13-30-21;1-2-5-15-6-3-4-7-17(15)23-19-9-11-22(26-27(19)13-12-20(23)28)29-21-10-8-16(24)14-18(21)25;1-2-14-5-3-4-6-16(14)22-18-8-10-21(25-26(18)12-11-19(22)27)28-20-9-7-15(23)13-17(20)24/h1-14H;2-14H,1H3;3-13H,2H2,1H3/b;5-2+;. The van der Waals surface area contributed by atoms with Crippen LogP contribution in [0.5, 0.6) is 34.9 Å². The van der Waals surface area contributed by atoms with Crippen LogP contribution in [0.3, 0.4) is 0 Å². The van der Waals surface area contributed by atoms with Gasteiger partial charge in [0.25, 0.3) is 0 Å². The minimum atomic E-state index is -0.838. The van der Waals surface area contributed by atoms with Crippen molar-refractivity contribution in [3.63, 3.8) is 0 Å². The summed E-state index contributed by atoms with van der Waals surface area (Å²) in [5.74, 6) is -4.03. The highest BCUT2D eigenvalue weighted by atomic mass is 19.2. The molecule has 436 valence electrons. The largest absolute Gasteiger partial charge is 0.464 e. The third-order valence-electron chi connectivity index (χ3n) is 13.7. The molecule has 13 rings (SSSR count). The van der Waals surface area contributed by atoms with Gasteiger partial charge in [-0.3, -0.25) is 14.4 Å². The molecule has 0 spiro atoms. The third kappa shape index (κ3) is 12.6. The molecule has 0 aliphatic rings. The lowest BCUT2D eigenvalue weighted by atomic mass is 9.97. The van der Waals surface area contributed by atoms with E-state index in [1.165, 1.54) is 74.6 Å². The average Bonchev–Trinajstić information content (AvgIpc) is 1.26. The average molecular weight is 1190 g/mol. The van der Waals surface area contributed by atoms with Gasteiger partial charge in [-0.2, -0.15) is 0 Å². The molecule has 88 heavy (non-hydrogen) atoms. The van der Waals surface area contributed by atoms with Gasteiger partial charge in [-0.1, -0.05) is 91.9 Å². The zero-order valence-corrected chi connectivity index (χ0v) is 46.5. The van der Waals surface area contributed by atoms with Crippen LogP contribution in [0.2, 0.25) is 0 Å². The zero-order chi connectivity index (χ0) is 61.4. The van der Waals surface area contributed by atoms with Crippen molar-refractivity contribution in [2.24, 2.45) is 0 Å². The van der Waals surface area contributed by atoms with E-state index in [4.69, 9.17) is 18.6 Å². The minimum Gasteiger partial charge on any atom is -0.464 e. The van der Waals surface area contributed by atoms with E-state index in [1.807, 2.05) is 105 Å². The molecular formula is C69H46F6N6O7. The maximum atomic E-state index is 13.9. The molecule has 0 N–H and O–H groups in total. The molecule has 7 heterocycles. The predicted octanol–water partition coefficient (Wildman–Crippen LogP) is 16.2. The molecule has 13 aromatic rings. The number of aryl methyl sites for hydroxylation is 1. The minimum absolute atomic E-state index is 0.0897. The number of hydrogen-bond donors (Lipinski definition) is 0. The van der Waals surface area contributed by atoms with Crippen LogP contribution in [0.25, 0.3) is 67.3 Å². The second-order valence-electron chi connectivity index (χ2n) is 19.3. The fourth-order valence-corrected chi connectivity index (χ4v) is 9.70. The molecule has 0 fully saturated rings. The molecule has 0 atom stereocenters. The van der Waals surface area contributed by atoms with Crippen molar-refractivity contribution in [1.82, 2.24) is 28.8 Å². The van der Waals surface area contributed by atoms with Crippen LogP contribution in [-0.4, -0.2) is 28.8 Å². The number of fused-ring (bicyclic) bond motifs is 3. The van der Waals surface area contributed by atoms with Crippen LogP contribution in [0.4, 0.5) is 26.3 Å². The van der Waals surface area contributed by atoms with E-state index in [0.717, 1.165) is 70.6 Å². The quantitative estimate of drug-likeness (QED) is 0.108. The van der Waals surface area contributed by atoms with Crippen molar-refractivity contribution < 1.29 is 45.0 Å². The van der Waals surface area contributed by atoms with Crippen molar-refractivity contribution in [2.75, 3.05) is 0 Å². The summed E-state index contributed by atoms with van der Waals surface area (Å²) in [6.07, 6.45) is 10.8. The molecule has 0 radical (unpaired) electrons. The van der Waals surface area contributed by atoms with Gasteiger partial charge in [0, 0.05) is 78.8 Å². The molecule has 0 aliphatic heterocycles. The van der Waals surface area contributed by atoms with E-state index in [2.05, 4.69) is 15.3 Å². The maximum Gasteiger partial charge on any atom is 0.237 e. The molecule has 7 aromatic heterocycles. The second kappa shape index (κ2) is 25.7. The molecule has 0 aliphatic carbocycles. The van der Waals surface area contributed by atoms with E-state index < -0.39 is 34.9 Å². The van der Waals surface area contributed by atoms with Crippen LogP contribution < -0.4 is 30.5 Å². The first kappa shape index (κ1) is 58.2. The van der Waals surface area contributed by atoms with Gasteiger partial charge in [0.05, 0.1) is 39.5 Å². The summed E-state index contributed by atoms with van der Waals surface area (Å²) in [6, 6.07) is 49.4. The highest BCUT2D eigenvalue weighted by molar-refractivity contribution is 5.89. The first-order valence-electron chi connectivity index (χ1n) is 27.1. The van der Waals surface area contributed by atoms with Gasteiger partial charge >= 0.3 is 0 Å². The van der Waals surface area contributed by atoms with Crippen LogP contribution in [0, 0.1) is 34.9 Å². The molecule has 19 heteroatoms. The molecule has 0 saturated carbocycles. The number of furan rings is 1. The van der Waals surface area contributed by atoms with E-state index in [-0.39, 0.29) is 51.2 Å². The van der Waals surface area contributed by atoms with Crippen LogP contribution >= 0.6 is 0 Å². The molecule has 0 unspecified atom stereocenters. The van der Waals surface area contributed by atoms with E-state index in [9.17, 15) is 40.7 Å². The Hall–Kier alpha value is -11.6. The van der Waals surface area contributed by atoms with Gasteiger partial charge in [0.2, 0.25) is 17.6 Å². The van der Waals surface area contributed by atoms with Gasteiger partial charge in [-0.05, 0) is 108 Å². The molecule has 13 nitrogen and oxygen atoms in total. The number of pyridine rings is 3. The lowest BCUT2D eigenvalue weighted by Gasteiger charge is -2.12. The Morgan fingerprint density at radius 2 is 0.830 bits per heavy atom. The number of aromatic nitrogens is 6. The number of allylic oxidation sites excluding steroid dienone is 1. The molecular weight excluding hydrogens is 1140 g/mol. The summed E-state index contributed by atoms with van der Waals surface area (Å²) >= 11 is 0. The van der Waals surface area contributed by atoms with Gasteiger partial charge in [0.1, 0.15) is 23.2 Å². The fourth-order valence-electron chi connectivity index (χ4n) is 9.70. The lowest BCUT2D eigenvalue weighted by Crippen LogP contribution is -2.10. The zero-order valence-electron chi connectivity index (χ0n) is 46.5. The van der Waals surface area contributed by atoms with Gasteiger partial charge in [-0.25, -0.2) is 39.9 Å². The Morgan fingerprint density at radius 3 is 1.25 bits per heavy atom. The third-order valence-corrected chi connectivity index (χ3v) is 13.7. The normalized spacial score (nSPS) is 11.1. The van der Waals surface area contributed by atoms with Crippen molar-refractivity contribution in [3.8, 4) is 79.6 Å². The van der Waals surface area contributed by atoms with Crippen molar-refractivity contribution >= 4 is 22.6 Å². The number of halogens is 6. The van der Waals surface area contributed by atoms with Crippen LogP contribution in [0.1, 0.15) is 25.0 Å². The summed E-state index contributed by atoms with van der Waals surface area (Å²) < 4.78 is 107. The number of benzene rings is 6. The van der Waals surface area contributed by atoms with Gasteiger partial charge < -0.3 is 18.6 Å². The topological polar surface area (TPSA) is 144 Å². The summed E-state index contributed by atoms with van der Waals surface area (Å²) in [5, 5.41) is 13.0. The van der Waals surface area contributed by atoms with Gasteiger partial charge in [-0.15, -0.1) is 15.3 Å².